The summed E-state index contributed by atoms with van der Waals surface area (Å²) in [5.74, 6) is 0.116. The van der Waals surface area contributed by atoms with Gasteiger partial charge in [-0.15, -0.1) is 0 Å². The van der Waals surface area contributed by atoms with Gasteiger partial charge in [-0.05, 0) is 5.56 Å². The highest BCUT2D eigenvalue weighted by Gasteiger charge is 2.39. The minimum absolute atomic E-state index is 0.116. The van der Waals surface area contributed by atoms with Crippen LogP contribution in [0, 0.1) is 0 Å². The first-order chi connectivity index (χ1) is 9.03. The molecule has 5 nitrogen and oxygen atoms in total. The van der Waals surface area contributed by atoms with Crippen LogP contribution in [-0.2, 0) is 21.2 Å². The Morgan fingerprint density at radius 2 is 1.95 bits per heavy atom. The lowest BCUT2D eigenvalue weighted by molar-refractivity contribution is 0.0768. The van der Waals surface area contributed by atoms with Crippen molar-refractivity contribution in [1.29, 1.82) is 0 Å². The number of amides is 1. The van der Waals surface area contributed by atoms with Crippen LogP contribution < -0.4 is 0 Å². The zero-order valence-corrected chi connectivity index (χ0v) is 11.6. The van der Waals surface area contributed by atoms with Crippen LogP contribution in [0.4, 0.5) is 4.79 Å². The number of sulfone groups is 1. The molecule has 1 aromatic rings. The molecule has 0 bridgehead atoms. The summed E-state index contributed by atoms with van der Waals surface area (Å²) in [6, 6.07) is 9.37. The van der Waals surface area contributed by atoms with E-state index < -0.39 is 21.2 Å². The van der Waals surface area contributed by atoms with E-state index in [1.54, 1.807) is 6.92 Å². The highest BCUT2D eigenvalue weighted by atomic mass is 32.2. The Balaban J connectivity index is 1.78. The smallest absolute Gasteiger partial charge is 0.410 e. The Kier molecular flexibility index (Phi) is 4.09. The van der Waals surface area contributed by atoms with Crippen molar-refractivity contribution >= 4 is 15.9 Å². The molecule has 104 valence electrons. The van der Waals surface area contributed by atoms with E-state index in [1.807, 2.05) is 30.3 Å². The monoisotopic (exact) mass is 283 g/mol. The Morgan fingerprint density at radius 3 is 2.53 bits per heavy atom. The molecule has 6 heteroatoms. The van der Waals surface area contributed by atoms with Gasteiger partial charge in [0, 0.05) is 18.8 Å². The second-order valence-electron chi connectivity index (χ2n) is 4.52. The molecule has 1 aromatic carbocycles. The molecule has 0 aromatic heterocycles. The number of ether oxygens (including phenoxy) is 1. The van der Waals surface area contributed by atoms with Gasteiger partial charge in [-0.25, -0.2) is 13.2 Å². The minimum Gasteiger partial charge on any atom is -0.445 e. The van der Waals surface area contributed by atoms with E-state index in [-0.39, 0.29) is 25.4 Å². The highest BCUT2D eigenvalue weighted by molar-refractivity contribution is 7.92. The molecule has 0 spiro atoms. The third kappa shape index (κ3) is 3.26. The first kappa shape index (κ1) is 13.9. The summed E-state index contributed by atoms with van der Waals surface area (Å²) in [5, 5.41) is -0.429. The van der Waals surface area contributed by atoms with Crippen molar-refractivity contribution < 1.29 is 17.9 Å². The van der Waals surface area contributed by atoms with E-state index in [0.717, 1.165) is 5.56 Å². The molecular weight excluding hydrogens is 266 g/mol. The predicted molar refractivity (Wildman–Crippen MR) is 71.4 cm³/mol. The van der Waals surface area contributed by atoms with Crippen LogP contribution in [0.5, 0.6) is 0 Å². The molecule has 0 aliphatic carbocycles. The molecular formula is C13H17NO4S. The number of benzene rings is 1. The largest absolute Gasteiger partial charge is 0.445 e. The highest BCUT2D eigenvalue weighted by Crippen LogP contribution is 2.18. The summed E-state index contributed by atoms with van der Waals surface area (Å²) in [7, 11) is -3.04. The Morgan fingerprint density at radius 1 is 1.32 bits per heavy atom. The quantitative estimate of drug-likeness (QED) is 0.839. The molecule has 2 rings (SSSR count). The van der Waals surface area contributed by atoms with Crippen LogP contribution in [0.3, 0.4) is 0 Å². The lowest BCUT2D eigenvalue weighted by atomic mass is 10.2. The Labute approximate surface area is 113 Å². The van der Waals surface area contributed by atoms with E-state index in [1.165, 1.54) is 4.90 Å². The molecule has 1 aliphatic rings. The summed E-state index contributed by atoms with van der Waals surface area (Å²) >= 11 is 0. The lowest BCUT2D eigenvalue weighted by Crippen LogP contribution is -2.57. The zero-order valence-electron chi connectivity index (χ0n) is 10.8. The molecule has 0 saturated carbocycles. The van der Waals surface area contributed by atoms with E-state index in [0.29, 0.717) is 0 Å². The standard InChI is InChI=1S/C13H17NO4S/c1-2-19(16,17)12-8-14(9-12)13(15)18-10-11-6-4-3-5-7-11/h3-7,12H,2,8-10H2,1H3. The van der Waals surface area contributed by atoms with Crippen molar-refractivity contribution in [3.8, 4) is 0 Å². The number of hydrogen-bond acceptors (Lipinski definition) is 4. The average molecular weight is 283 g/mol. The second-order valence-corrected chi connectivity index (χ2v) is 7.09. The van der Waals surface area contributed by atoms with Crippen molar-refractivity contribution in [3.05, 3.63) is 35.9 Å². The average Bonchev–Trinajstić information content (AvgIpc) is 2.35. The van der Waals surface area contributed by atoms with Crippen LogP contribution >= 0.6 is 0 Å². The van der Waals surface area contributed by atoms with Crippen LogP contribution in [-0.4, -0.2) is 43.5 Å². The van der Waals surface area contributed by atoms with Gasteiger partial charge in [0.05, 0.1) is 5.25 Å². The molecule has 1 heterocycles. The van der Waals surface area contributed by atoms with Gasteiger partial charge in [0.1, 0.15) is 6.61 Å². The fraction of sp³-hybridized carbons (Fsp3) is 0.462. The molecule has 1 aliphatic heterocycles. The van der Waals surface area contributed by atoms with Crippen molar-refractivity contribution in [2.24, 2.45) is 0 Å². The van der Waals surface area contributed by atoms with Gasteiger partial charge >= 0.3 is 6.09 Å². The maximum atomic E-state index is 11.7. The number of rotatable bonds is 4. The van der Waals surface area contributed by atoms with Gasteiger partial charge in [-0.2, -0.15) is 0 Å². The number of carbonyl (C=O) groups excluding carboxylic acids is 1. The maximum absolute atomic E-state index is 11.7. The summed E-state index contributed by atoms with van der Waals surface area (Å²) in [4.78, 5) is 13.1. The number of carbonyl (C=O) groups is 1. The number of nitrogens with zero attached hydrogens (tertiary/aromatic N) is 1. The minimum atomic E-state index is -3.04. The van der Waals surface area contributed by atoms with Crippen molar-refractivity contribution in [1.82, 2.24) is 4.90 Å². The summed E-state index contributed by atoms with van der Waals surface area (Å²) < 4.78 is 28.2. The fourth-order valence-corrected chi connectivity index (χ4v) is 3.15. The Bertz CT molecular complexity index is 535. The van der Waals surface area contributed by atoms with E-state index in [2.05, 4.69) is 0 Å². The third-order valence-electron chi connectivity index (χ3n) is 3.22. The first-order valence-electron chi connectivity index (χ1n) is 6.20. The molecule has 0 unspecified atom stereocenters. The predicted octanol–water partition coefficient (Wildman–Crippen LogP) is 1.44. The first-order valence-corrected chi connectivity index (χ1v) is 7.91. The van der Waals surface area contributed by atoms with E-state index in [4.69, 9.17) is 4.74 Å². The van der Waals surface area contributed by atoms with Gasteiger partial charge in [0.15, 0.2) is 9.84 Å². The molecule has 19 heavy (non-hydrogen) atoms. The van der Waals surface area contributed by atoms with Crippen molar-refractivity contribution in [2.45, 2.75) is 18.8 Å². The molecule has 1 saturated heterocycles. The summed E-state index contributed by atoms with van der Waals surface area (Å²) in [5.41, 5.74) is 0.911. The van der Waals surface area contributed by atoms with Crippen LogP contribution in [0.2, 0.25) is 0 Å². The van der Waals surface area contributed by atoms with Crippen molar-refractivity contribution in [3.63, 3.8) is 0 Å². The molecule has 0 radical (unpaired) electrons. The van der Waals surface area contributed by atoms with Gasteiger partial charge in [0.2, 0.25) is 0 Å². The SMILES string of the molecule is CCS(=O)(=O)C1CN(C(=O)OCc2ccccc2)C1. The molecule has 0 atom stereocenters. The summed E-state index contributed by atoms with van der Waals surface area (Å²) in [6.07, 6.45) is -0.452. The van der Waals surface area contributed by atoms with Crippen molar-refractivity contribution in [2.75, 3.05) is 18.8 Å². The number of likely N-dealkylation sites (tertiary alicyclic amines) is 1. The van der Waals surface area contributed by atoms with E-state index in [9.17, 15) is 13.2 Å². The molecule has 1 amide bonds. The number of hydrogen-bond donors (Lipinski definition) is 0. The summed E-state index contributed by atoms with van der Waals surface area (Å²) in [6.45, 7) is 2.31. The maximum Gasteiger partial charge on any atom is 0.410 e. The second kappa shape index (κ2) is 5.61. The lowest BCUT2D eigenvalue weighted by Gasteiger charge is -2.37. The molecule has 0 N–H and O–H groups in total. The topological polar surface area (TPSA) is 63.7 Å². The molecule has 1 fully saturated rings. The van der Waals surface area contributed by atoms with Gasteiger partial charge in [-0.1, -0.05) is 37.3 Å². The van der Waals surface area contributed by atoms with Gasteiger partial charge in [-0.3, -0.25) is 0 Å². The Hall–Kier alpha value is -1.56. The van der Waals surface area contributed by atoms with Crippen LogP contribution in [0.15, 0.2) is 30.3 Å². The van der Waals surface area contributed by atoms with E-state index >= 15 is 0 Å². The third-order valence-corrected chi connectivity index (χ3v) is 5.34. The van der Waals surface area contributed by atoms with Crippen LogP contribution in [0.25, 0.3) is 0 Å². The van der Waals surface area contributed by atoms with Gasteiger partial charge < -0.3 is 9.64 Å². The zero-order chi connectivity index (χ0) is 13.9. The van der Waals surface area contributed by atoms with Gasteiger partial charge in [0.25, 0.3) is 0 Å². The van der Waals surface area contributed by atoms with Crippen LogP contribution in [0.1, 0.15) is 12.5 Å². The fourth-order valence-electron chi connectivity index (χ4n) is 1.86. The normalized spacial score (nSPS) is 15.9.